The molecule has 2 aromatic heterocycles. The number of amides is 2. The maximum atomic E-state index is 13.3. The van der Waals surface area contributed by atoms with E-state index in [2.05, 4.69) is 10.3 Å². The molecule has 0 spiro atoms. The van der Waals surface area contributed by atoms with Gasteiger partial charge >= 0.3 is 6.03 Å². The highest BCUT2D eigenvalue weighted by atomic mass is 16.2. The SMILES string of the molecule is Cc1c(CCN)c2ccccc2n1C(=O)c1ccnc(CNC(=O)N(C)C)c1. The molecular formula is C21H25N5O2. The van der Waals surface area contributed by atoms with Crippen molar-refractivity contribution < 1.29 is 9.59 Å². The van der Waals surface area contributed by atoms with Gasteiger partial charge in [0, 0.05) is 36.9 Å². The monoisotopic (exact) mass is 379 g/mol. The van der Waals surface area contributed by atoms with Crippen LogP contribution >= 0.6 is 0 Å². The molecule has 7 heteroatoms. The summed E-state index contributed by atoms with van der Waals surface area (Å²) in [6.07, 6.45) is 2.30. The Morgan fingerprint density at radius 3 is 2.68 bits per heavy atom. The molecule has 2 amide bonds. The molecule has 0 aliphatic rings. The molecule has 0 saturated heterocycles. The molecule has 0 atom stereocenters. The third-order valence-corrected chi connectivity index (χ3v) is 4.73. The lowest BCUT2D eigenvalue weighted by Gasteiger charge is -2.12. The molecule has 0 aliphatic carbocycles. The lowest BCUT2D eigenvalue weighted by atomic mass is 10.1. The molecule has 2 heterocycles. The van der Waals surface area contributed by atoms with Crippen molar-refractivity contribution in [2.45, 2.75) is 19.9 Å². The molecule has 0 bridgehead atoms. The van der Waals surface area contributed by atoms with Crippen LogP contribution in [0.3, 0.4) is 0 Å². The number of nitrogens with two attached hydrogens (primary N) is 1. The molecule has 0 unspecified atom stereocenters. The van der Waals surface area contributed by atoms with Gasteiger partial charge in [-0.3, -0.25) is 14.3 Å². The van der Waals surface area contributed by atoms with Crippen molar-refractivity contribution in [2.24, 2.45) is 5.73 Å². The second-order valence-electron chi connectivity index (χ2n) is 6.85. The van der Waals surface area contributed by atoms with Gasteiger partial charge in [-0.15, -0.1) is 0 Å². The largest absolute Gasteiger partial charge is 0.332 e. The number of nitrogens with zero attached hydrogens (tertiary/aromatic N) is 3. The molecule has 0 aliphatic heterocycles. The van der Waals surface area contributed by atoms with E-state index in [9.17, 15) is 9.59 Å². The third-order valence-electron chi connectivity index (χ3n) is 4.73. The molecule has 0 saturated carbocycles. The fraction of sp³-hybridized carbons (Fsp3) is 0.286. The quantitative estimate of drug-likeness (QED) is 0.711. The van der Waals surface area contributed by atoms with E-state index in [0.717, 1.165) is 22.2 Å². The van der Waals surface area contributed by atoms with E-state index >= 15 is 0 Å². The smallest absolute Gasteiger partial charge is 0.317 e. The summed E-state index contributed by atoms with van der Waals surface area (Å²) in [6, 6.07) is 11.1. The summed E-state index contributed by atoms with van der Waals surface area (Å²) in [6.45, 7) is 2.72. The van der Waals surface area contributed by atoms with Gasteiger partial charge in [0.15, 0.2) is 0 Å². The Labute approximate surface area is 164 Å². The molecule has 0 fully saturated rings. The number of rotatable bonds is 5. The number of carbonyl (C=O) groups is 2. The number of urea groups is 1. The highest BCUT2D eigenvalue weighted by Crippen LogP contribution is 2.27. The minimum Gasteiger partial charge on any atom is -0.332 e. The Morgan fingerprint density at radius 2 is 1.96 bits per heavy atom. The molecule has 3 aromatic rings. The van der Waals surface area contributed by atoms with Crippen LogP contribution < -0.4 is 11.1 Å². The maximum absolute atomic E-state index is 13.3. The minimum absolute atomic E-state index is 0.125. The van der Waals surface area contributed by atoms with Gasteiger partial charge in [-0.25, -0.2) is 4.79 Å². The highest BCUT2D eigenvalue weighted by Gasteiger charge is 2.19. The molecule has 0 radical (unpaired) electrons. The van der Waals surface area contributed by atoms with Gasteiger partial charge in [0.1, 0.15) is 0 Å². The van der Waals surface area contributed by atoms with E-state index in [1.165, 1.54) is 4.90 Å². The first-order chi connectivity index (χ1) is 13.4. The number of pyridine rings is 1. The van der Waals surface area contributed by atoms with Crippen LogP contribution in [0.4, 0.5) is 4.79 Å². The summed E-state index contributed by atoms with van der Waals surface area (Å²) in [4.78, 5) is 30.7. The number of benzene rings is 1. The zero-order chi connectivity index (χ0) is 20.3. The standard InChI is InChI=1S/C21H25N5O2/c1-14-17(8-10-22)18-6-4-5-7-19(18)26(14)20(27)15-9-11-23-16(12-15)13-24-21(28)25(2)3/h4-7,9,11-12H,8,10,13,22H2,1-3H3,(H,24,28). The summed E-state index contributed by atoms with van der Waals surface area (Å²) in [5.74, 6) is -0.125. The number of hydrogen-bond donors (Lipinski definition) is 2. The normalized spacial score (nSPS) is 10.9. The topological polar surface area (TPSA) is 93.2 Å². The van der Waals surface area contributed by atoms with E-state index in [4.69, 9.17) is 5.73 Å². The van der Waals surface area contributed by atoms with Crippen LogP contribution in [0.25, 0.3) is 10.9 Å². The first kappa shape index (κ1) is 19.6. The maximum Gasteiger partial charge on any atom is 0.317 e. The summed E-state index contributed by atoms with van der Waals surface area (Å²) < 4.78 is 1.73. The van der Waals surface area contributed by atoms with E-state index in [0.29, 0.717) is 24.2 Å². The summed E-state index contributed by atoms with van der Waals surface area (Å²) >= 11 is 0. The van der Waals surface area contributed by atoms with Crippen LogP contribution in [0.2, 0.25) is 0 Å². The fourth-order valence-corrected chi connectivity index (χ4v) is 3.32. The number of hydrogen-bond acceptors (Lipinski definition) is 4. The molecule has 3 rings (SSSR count). The minimum atomic E-state index is -0.211. The van der Waals surface area contributed by atoms with E-state index in [-0.39, 0.29) is 18.5 Å². The van der Waals surface area contributed by atoms with Gasteiger partial charge in [0.05, 0.1) is 17.8 Å². The Hall–Kier alpha value is -3.19. The van der Waals surface area contributed by atoms with Crippen LogP contribution in [0, 0.1) is 6.92 Å². The molecule has 7 nitrogen and oxygen atoms in total. The van der Waals surface area contributed by atoms with Crippen molar-refractivity contribution in [3.63, 3.8) is 0 Å². The van der Waals surface area contributed by atoms with Crippen molar-refractivity contribution in [3.8, 4) is 0 Å². The number of fused-ring (bicyclic) bond motifs is 1. The average Bonchev–Trinajstić information content (AvgIpc) is 2.98. The third kappa shape index (κ3) is 3.75. The Bertz CT molecular complexity index is 1020. The first-order valence-corrected chi connectivity index (χ1v) is 9.17. The molecule has 146 valence electrons. The lowest BCUT2D eigenvalue weighted by molar-refractivity contribution is 0.0962. The number of carbonyl (C=O) groups excluding carboxylic acids is 2. The predicted molar refractivity (Wildman–Crippen MR) is 109 cm³/mol. The van der Waals surface area contributed by atoms with Gasteiger partial charge in [-0.2, -0.15) is 0 Å². The molecule has 28 heavy (non-hydrogen) atoms. The second kappa shape index (κ2) is 8.22. The van der Waals surface area contributed by atoms with Gasteiger partial charge in [0.2, 0.25) is 0 Å². The number of nitrogens with one attached hydrogen (secondary N) is 1. The summed E-state index contributed by atoms with van der Waals surface area (Å²) in [5, 5.41) is 3.81. The van der Waals surface area contributed by atoms with Crippen molar-refractivity contribution in [2.75, 3.05) is 20.6 Å². The van der Waals surface area contributed by atoms with Crippen LogP contribution in [0.1, 0.15) is 27.3 Å². The molecule has 3 N–H and O–H groups in total. The van der Waals surface area contributed by atoms with E-state index < -0.39 is 0 Å². The van der Waals surface area contributed by atoms with Gasteiger partial charge in [0.25, 0.3) is 5.91 Å². The van der Waals surface area contributed by atoms with Crippen molar-refractivity contribution in [1.29, 1.82) is 0 Å². The number of aromatic nitrogens is 2. The Morgan fingerprint density at radius 1 is 1.21 bits per heavy atom. The summed E-state index contributed by atoms with van der Waals surface area (Å²) in [5.41, 5.74) is 9.78. The van der Waals surface area contributed by atoms with Crippen molar-refractivity contribution in [1.82, 2.24) is 19.8 Å². The van der Waals surface area contributed by atoms with E-state index in [1.54, 1.807) is 37.0 Å². The van der Waals surface area contributed by atoms with Crippen LogP contribution in [-0.4, -0.2) is 47.0 Å². The summed E-state index contributed by atoms with van der Waals surface area (Å²) in [7, 11) is 3.34. The van der Waals surface area contributed by atoms with Gasteiger partial charge < -0.3 is 16.0 Å². The second-order valence-corrected chi connectivity index (χ2v) is 6.85. The zero-order valence-electron chi connectivity index (χ0n) is 16.4. The zero-order valence-corrected chi connectivity index (χ0v) is 16.4. The van der Waals surface area contributed by atoms with Gasteiger partial charge in [-0.1, -0.05) is 18.2 Å². The van der Waals surface area contributed by atoms with Crippen molar-refractivity contribution >= 4 is 22.8 Å². The number of para-hydroxylation sites is 1. The first-order valence-electron chi connectivity index (χ1n) is 9.17. The molecule has 1 aromatic carbocycles. The van der Waals surface area contributed by atoms with Crippen LogP contribution in [0.15, 0.2) is 42.6 Å². The average molecular weight is 379 g/mol. The van der Waals surface area contributed by atoms with Crippen LogP contribution in [0.5, 0.6) is 0 Å². The molecular weight excluding hydrogens is 354 g/mol. The Balaban J connectivity index is 1.96. The Kier molecular flexibility index (Phi) is 5.75. The lowest BCUT2D eigenvalue weighted by Crippen LogP contribution is -2.34. The van der Waals surface area contributed by atoms with Gasteiger partial charge in [-0.05, 0) is 43.7 Å². The highest BCUT2D eigenvalue weighted by molar-refractivity contribution is 6.04. The van der Waals surface area contributed by atoms with Crippen molar-refractivity contribution in [3.05, 3.63) is 65.1 Å². The van der Waals surface area contributed by atoms with E-state index in [1.807, 2.05) is 31.2 Å². The fourth-order valence-electron chi connectivity index (χ4n) is 3.32. The predicted octanol–water partition coefficient (Wildman–Crippen LogP) is 2.31. The van der Waals surface area contributed by atoms with Crippen LogP contribution in [-0.2, 0) is 13.0 Å².